The summed E-state index contributed by atoms with van der Waals surface area (Å²) in [5.74, 6) is 5.51. The Balaban J connectivity index is 2.12. The van der Waals surface area contributed by atoms with Gasteiger partial charge in [-0.3, -0.25) is 16.3 Å². The highest BCUT2D eigenvalue weighted by molar-refractivity contribution is 7.09. The van der Waals surface area contributed by atoms with Crippen molar-refractivity contribution in [1.82, 2.24) is 20.6 Å². The maximum atomic E-state index is 5.51. The van der Waals surface area contributed by atoms with Gasteiger partial charge in [0.05, 0.1) is 17.7 Å². The average Bonchev–Trinajstić information content (AvgIpc) is 2.80. The van der Waals surface area contributed by atoms with Crippen molar-refractivity contribution in [1.29, 1.82) is 0 Å². The van der Waals surface area contributed by atoms with Crippen molar-refractivity contribution in [3.8, 4) is 0 Å². The highest BCUT2D eigenvalue weighted by atomic mass is 32.1. The summed E-state index contributed by atoms with van der Waals surface area (Å²) in [4.78, 5) is 5.21. The zero-order valence-corrected chi connectivity index (χ0v) is 8.81. The van der Waals surface area contributed by atoms with E-state index in [1.807, 2.05) is 17.8 Å². The summed E-state index contributed by atoms with van der Waals surface area (Å²) in [6.07, 6.45) is 6.04. The van der Waals surface area contributed by atoms with E-state index in [2.05, 4.69) is 20.6 Å². The van der Waals surface area contributed by atoms with Gasteiger partial charge < -0.3 is 0 Å². The quantitative estimate of drug-likeness (QED) is 0.586. The summed E-state index contributed by atoms with van der Waals surface area (Å²) >= 11 is 1.62. The summed E-state index contributed by atoms with van der Waals surface area (Å²) in [7, 11) is 0. The lowest BCUT2D eigenvalue weighted by Crippen LogP contribution is -2.29. The minimum atomic E-state index is 0.0564. The summed E-state index contributed by atoms with van der Waals surface area (Å²) in [6, 6.07) is 1.96. The minimum absolute atomic E-state index is 0.0564. The van der Waals surface area contributed by atoms with Crippen molar-refractivity contribution in [3.63, 3.8) is 0 Å². The Morgan fingerprint density at radius 3 is 2.93 bits per heavy atom. The largest absolute Gasteiger partial charge is 0.271 e. The highest BCUT2D eigenvalue weighted by Gasteiger charge is 2.11. The predicted molar refractivity (Wildman–Crippen MR) is 57.9 cm³/mol. The molecule has 0 aliphatic heterocycles. The van der Waals surface area contributed by atoms with Crippen LogP contribution in [0.3, 0.4) is 0 Å². The maximum Gasteiger partial charge on any atom is 0.0794 e. The van der Waals surface area contributed by atoms with Crippen LogP contribution in [0.4, 0.5) is 0 Å². The zero-order chi connectivity index (χ0) is 10.5. The van der Waals surface area contributed by atoms with Crippen molar-refractivity contribution >= 4 is 11.3 Å². The van der Waals surface area contributed by atoms with Crippen molar-refractivity contribution < 1.29 is 0 Å². The van der Waals surface area contributed by atoms with Gasteiger partial charge in [0.2, 0.25) is 0 Å². The van der Waals surface area contributed by atoms with E-state index in [0.717, 1.165) is 12.0 Å². The molecule has 78 valence electrons. The Kier molecular flexibility index (Phi) is 3.33. The maximum absolute atomic E-state index is 5.51. The summed E-state index contributed by atoms with van der Waals surface area (Å²) in [5, 5.41) is 7.56. The van der Waals surface area contributed by atoms with Crippen LogP contribution in [0.15, 0.2) is 30.2 Å². The van der Waals surface area contributed by atoms with Gasteiger partial charge in [-0.25, -0.2) is 0 Å². The van der Waals surface area contributed by atoms with Crippen LogP contribution in [-0.4, -0.2) is 15.2 Å². The van der Waals surface area contributed by atoms with Crippen molar-refractivity contribution in [2.24, 2.45) is 5.84 Å². The third-order valence-corrected chi connectivity index (χ3v) is 2.90. The van der Waals surface area contributed by atoms with Crippen molar-refractivity contribution in [2.75, 3.05) is 0 Å². The fraction of sp³-hybridized carbons (Fsp3) is 0.222. The molecule has 0 amide bonds. The van der Waals surface area contributed by atoms with Crippen LogP contribution in [0.1, 0.15) is 16.5 Å². The normalized spacial score (nSPS) is 12.6. The van der Waals surface area contributed by atoms with E-state index < -0.39 is 0 Å². The van der Waals surface area contributed by atoms with Gasteiger partial charge in [-0.2, -0.15) is 10.2 Å². The van der Waals surface area contributed by atoms with Crippen LogP contribution in [0.2, 0.25) is 0 Å². The number of rotatable bonds is 4. The van der Waals surface area contributed by atoms with Crippen molar-refractivity contribution in [3.05, 3.63) is 40.6 Å². The standard InChI is InChI=1S/C9H11N5S/c10-14-9(3-8-5-11-6-15-8)7-1-2-12-13-4-7/h1-2,4-6,9,14H,3,10H2. The van der Waals surface area contributed by atoms with E-state index in [9.17, 15) is 0 Å². The molecule has 3 N–H and O–H groups in total. The molecule has 15 heavy (non-hydrogen) atoms. The molecule has 1 unspecified atom stereocenters. The number of aromatic nitrogens is 3. The molecule has 2 aromatic heterocycles. The summed E-state index contributed by atoms with van der Waals surface area (Å²) in [6.45, 7) is 0. The van der Waals surface area contributed by atoms with E-state index >= 15 is 0 Å². The third-order valence-electron chi connectivity index (χ3n) is 2.10. The van der Waals surface area contributed by atoms with Gasteiger partial charge in [0.25, 0.3) is 0 Å². The van der Waals surface area contributed by atoms with Gasteiger partial charge in [0.1, 0.15) is 0 Å². The van der Waals surface area contributed by atoms with Gasteiger partial charge in [0.15, 0.2) is 0 Å². The number of thiazole rings is 1. The molecule has 0 aromatic carbocycles. The van der Waals surface area contributed by atoms with E-state index in [-0.39, 0.29) is 6.04 Å². The first kappa shape index (κ1) is 10.2. The van der Waals surface area contributed by atoms with Crippen LogP contribution in [-0.2, 0) is 6.42 Å². The first-order valence-corrected chi connectivity index (χ1v) is 5.38. The number of hydrogen-bond donors (Lipinski definition) is 2. The molecule has 0 aliphatic carbocycles. The number of nitrogens with one attached hydrogen (secondary N) is 1. The predicted octanol–water partition coefficient (Wildman–Crippen LogP) is 0.680. The number of nitrogens with two attached hydrogens (primary N) is 1. The molecule has 6 heteroatoms. The van der Waals surface area contributed by atoms with Crippen molar-refractivity contribution in [2.45, 2.75) is 12.5 Å². The Morgan fingerprint density at radius 1 is 1.40 bits per heavy atom. The van der Waals surface area contributed by atoms with E-state index in [1.165, 1.54) is 4.88 Å². The Labute approximate surface area is 91.3 Å². The monoisotopic (exact) mass is 221 g/mol. The van der Waals surface area contributed by atoms with E-state index in [4.69, 9.17) is 5.84 Å². The Bertz CT molecular complexity index is 388. The molecule has 0 spiro atoms. The first-order chi connectivity index (χ1) is 7.40. The topological polar surface area (TPSA) is 76.7 Å². The van der Waals surface area contributed by atoms with Crippen LogP contribution in [0, 0.1) is 0 Å². The van der Waals surface area contributed by atoms with Gasteiger partial charge >= 0.3 is 0 Å². The lowest BCUT2D eigenvalue weighted by Gasteiger charge is -2.13. The fourth-order valence-corrected chi connectivity index (χ4v) is 1.97. The van der Waals surface area contributed by atoms with Gasteiger partial charge in [-0.05, 0) is 11.6 Å². The molecule has 0 radical (unpaired) electrons. The SMILES string of the molecule is NNC(Cc1cncs1)c1ccnnc1. The molecule has 0 saturated carbocycles. The fourth-order valence-electron chi connectivity index (χ4n) is 1.32. The molecule has 0 saturated heterocycles. The summed E-state index contributed by atoms with van der Waals surface area (Å²) < 4.78 is 0. The number of hydrazine groups is 1. The Hall–Kier alpha value is -1.37. The minimum Gasteiger partial charge on any atom is -0.271 e. The number of hydrogen-bond acceptors (Lipinski definition) is 6. The lowest BCUT2D eigenvalue weighted by atomic mass is 10.1. The average molecular weight is 221 g/mol. The van der Waals surface area contributed by atoms with Gasteiger partial charge in [-0.1, -0.05) is 0 Å². The van der Waals surface area contributed by atoms with Crippen LogP contribution >= 0.6 is 11.3 Å². The lowest BCUT2D eigenvalue weighted by molar-refractivity contribution is 0.552. The first-order valence-electron chi connectivity index (χ1n) is 4.50. The Morgan fingerprint density at radius 2 is 2.33 bits per heavy atom. The van der Waals surface area contributed by atoms with Gasteiger partial charge in [-0.15, -0.1) is 11.3 Å². The second-order valence-electron chi connectivity index (χ2n) is 3.07. The summed E-state index contributed by atoms with van der Waals surface area (Å²) in [5.41, 5.74) is 5.61. The molecule has 0 aliphatic rings. The second kappa shape index (κ2) is 4.92. The van der Waals surface area contributed by atoms with Crippen LogP contribution in [0.5, 0.6) is 0 Å². The number of nitrogens with zero attached hydrogens (tertiary/aromatic N) is 3. The van der Waals surface area contributed by atoms with E-state index in [1.54, 1.807) is 23.7 Å². The van der Waals surface area contributed by atoms with Gasteiger partial charge in [0, 0.05) is 23.7 Å². The molecule has 0 fully saturated rings. The molecule has 0 bridgehead atoms. The second-order valence-corrected chi connectivity index (χ2v) is 4.04. The van der Waals surface area contributed by atoms with E-state index in [0.29, 0.717) is 0 Å². The highest BCUT2D eigenvalue weighted by Crippen LogP contribution is 2.18. The smallest absolute Gasteiger partial charge is 0.0794 e. The molecule has 1 atom stereocenters. The molecular formula is C9H11N5S. The van der Waals surface area contributed by atoms with Crippen LogP contribution < -0.4 is 11.3 Å². The molecule has 2 aromatic rings. The zero-order valence-electron chi connectivity index (χ0n) is 8.00. The molecular weight excluding hydrogens is 210 g/mol. The molecule has 2 heterocycles. The molecule has 2 rings (SSSR count). The molecule has 5 nitrogen and oxygen atoms in total. The third kappa shape index (κ3) is 2.56. The van der Waals surface area contributed by atoms with Crippen LogP contribution in [0.25, 0.3) is 0 Å².